The maximum absolute atomic E-state index is 13.2. The Morgan fingerprint density at radius 2 is 1.78 bits per heavy atom. The molecule has 0 saturated carbocycles. The third-order valence-corrected chi connectivity index (χ3v) is 6.34. The van der Waals surface area contributed by atoms with Crippen molar-refractivity contribution in [2.45, 2.75) is 30.8 Å². The average molecular weight is 474 g/mol. The third-order valence-electron chi connectivity index (χ3n) is 4.61. The Hall–Kier alpha value is -2.94. The number of halogens is 1. The molecule has 168 valence electrons. The van der Waals surface area contributed by atoms with Crippen molar-refractivity contribution in [1.82, 2.24) is 15.0 Å². The number of hydrogen-bond donors (Lipinski definition) is 2. The van der Waals surface area contributed by atoms with E-state index in [1.807, 2.05) is 30.3 Å². The van der Waals surface area contributed by atoms with Crippen molar-refractivity contribution in [3.05, 3.63) is 89.2 Å². The van der Waals surface area contributed by atoms with E-state index in [0.717, 1.165) is 11.1 Å². The second kappa shape index (κ2) is 11.1. The summed E-state index contributed by atoms with van der Waals surface area (Å²) in [6.07, 6.45) is 3.42. The lowest BCUT2D eigenvalue weighted by atomic mass is 10.1. The van der Waals surface area contributed by atoms with Gasteiger partial charge in [-0.2, -0.15) is 4.72 Å². The van der Waals surface area contributed by atoms with Crippen molar-refractivity contribution in [3.8, 4) is 5.75 Å². The number of ether oxygens (including phenoxy) is 1. The number of carbonyl (C=O) groups is 1. The summed E-state index contributed by atoms with van der Waals surface area (Å²) in [6, 6.07) is 16.1. The van der Waals surface area contributed by atoms with Crippen molar-refractivity contribution < 1.29 is 17.9 Å². The third kappa shape index (κ3) is 6.53. The second-order valence-corrected chi connectivity index (χ2v) is 9.08. The van der Waals surface area contributed by atoms with E-state index in [1.54, 1.807) is 37.5 Å². The first-order valence-electron chi connectivity index (χ1n) is 10.0. The molecule has 32 heavy (non-hydrogen) atoms. The number of nitrogens with one attached hydrogen (secondary N) is 2. The van der Waals surface area contributed by atoms with Gasteiger partial charge in [-0.15, -0.1) is 0 Å². The summed E-state index contributed by atoms with van der Waals surface area (Å²) in [6.45, 7) is 2.28. The molecule has 3 aromatic rings. The van der Waals surface area contributed by atoms with Gasteiger partial charge in [0.2, 0.25) is 15.9 Å². The molecule has 0 fully saturated rings. The molecule has 1 amide bonds. The highest BCUT2D eigenvalue weighted by atomic mass is 35.5. The van der Waals surface area contributed by atoms with Crippen molar-refractivity contribution >= 4 is 27.5 Å². The molecule has 3 rings (SSSR count). The van der Waals surface area contributed by atoms with Gasteiger partial charge in [-0.3, -0.25) is 9.78 Å². The van der Waals surface area contributed by atoms with Gasteiger partial charge in [-0.1, -0.05) is 41.9 Å². The van der Waals surface area contributed by atoms with E-state index in [9.17, 15) is 13.2 Å². The van der Waals surface area contributed by atoms with Crippen LogP contribution in [0, 0.1) is 0 Å². The molecule has 9 heteroatoms. The maximum atomic E-state index is 13.2. The molecule has 2 aromatic carbocycles. The van der Waals surface area contributed by atoms with Crippen LogP contribution in [-0.4, -0.2) is 32.0 Å². The van der Waals surface area contributed by atoms with Gasteiger partial charge in [0.25, 0.3) is 0 Å². The fourth-order valence-electron chi connectivity index (χ4n) is 3.07. The number of pyridine rings is 1. The highest BCUT2D eigenvalue weighted by molar-refractivity contribution is 7.89. The summed E-state index contributed by atoms with van der Waals surface area (Å²) in [7, 11) is -4.11. The van der Waals surface area contributed by atoms with Crippen molar-refractivity contribution in [1.29, 1.82) is 0 Å². The predicted octanol–water partition coefficient (Wildman–Crippen LogP) is 3.34. The van der Waals surface area contributed by atoms with Crippen LogP contribution >= 0.6 is 11.6 Å². The van der Waals surface area contributed by atoms with Crippen molar-refractivity contribution in [2.24, 2.45) is 0 Å². The zero-order valence-electron chi connectivity index (χ0n) is 17.5. The van der Waals surface area contributed by atoms with Gasteiger partial charge in [-0.25, -0.2) is 8.42 Å². The lowest BCUT2D eigenvalue weighted by molar-refractivity contribution is -0.122. The number of aromatic nitrogens is 1. The summed E-state index contributed by atoms with van der Waals surface area (Å²) < 4.78 is 34.4. The summed E-state index contributed by atoms with van der Waals surface area (Å²) in [5.74, 6) is -0.283. The van der Waals surface area contributed by atoms with Gasteiger partial charge in [0.15, 0.2) is 0 Å². The first-order chi connectivity index (χ1) is 15.4. The average Bonchev–Trinajstić information content (AvgIpc) is 2.79. The van der Waals surface area contributed by atoms with Gasteiger partial charge < -0.3 is 10.1 Å². The van der Waals surface area contributed by atoms with Gasteiger partial charge in [0.1, 0.15) is 16.7 Å². The van der Waals surface area contributed by atoms with Gasteiger partial charge in [-0.05, 0) is 54.8 Å². The Morgan fingerprint density at radius 1 is 1.06 bits per heavy atom. The van der Waals surface area contributed by atoms with Crippen LogP contribution in [0.3, 0.4) is 0 Å². The van der Waals surface area contributed by atoms with Crippen LogP contribution in [0.1, 0.15) is 18.1 Å². The van der Waals surface area contributed by atoms with E-state index in [0.29, 0.717) is 0 Å². The summed E-state index contributed by atoms with van der Waals surface area (Å²) >= 11 is 6.04. The molecular formula is C23H24ClN3O4S. The summed E-state index contributed by atoms with van der Waals surface area (Å²) in [5.41, 5.74) is 1.67. The Balaban J connectivity index is 1.86. The van der Waals surface area contributed by atoms with Crippen LogP contribution in [-0.2, 0) is 27.8 Å². The fraction of sp³-hybridized carbons (Fsp3) is 0.217. The van der Waals surface area contributed by atoms with Crippen LogP contribution in [0.2, 0.25) is 5.02 Å². The van der Waals surface area contributed by atoms with Crippen LogP contribution in [0.15, 0.2) is 78.0 Å². The molecule has 0 spiro atoms. The molecule has 0 saturated heterocycles. The topological polar surface area (TPSA) is 97.4 Å². The number of rotatable bonds is 10. The Kier molecular flexibility index (Phi) is 8.21. The van der Waals surface area contributed by atoms with E-state index < -0.39 is 22.0 Å². The molecule has 1 heterocycles. The van der Waals surface area contributed by atoms with Gasteiger partial charge >= 0.3 is 0 Å². The van der Waals surface area contributed by atoms with Gasteiger partial charge in [0, 0.05) is 24.0 Å². The Labute approximate surface area is 192 Å². The van der Waals surface area contributed by atoms with Crippen molar-refractivity contribution in [2.75, 3.05) is 6.61 Å². The normalized spacial score (nSPS) is 12.2. The minimum atomic E-state index is -4.11. The van der Waals surface area contributed by atoms with Crippen molar-refractivity contribution in [3.63, 3.8) is 0 Å². The van der Waals surface area contributed by atoms with Gasteiger partial charge in [0.05, 0.1) is 6.61 Å². The van der Waals surface area contributed by atoms with E-state index in [4.69, 9.17) is 16.3 Å². The second-order valence-electron chi connectivity index (χ2n) is 6.96. The lowest BCUT2D eigenvalue weighted by Gasteiger charge is -2.20. The molecule has 7 nitrogen and oxygen atoms in total. The number of carbonyl (C=O) groups excluding carboxylic acids is 1. The molecule has 1 aromatic heterocycles. The zero-order chi connectivity index (χ0) is 23.0. The van der Waals surface area contributed by atoms with Crippen LogP contribution < -0.4 is 14.8 Å². The Bertz CT molecular complexity index is 1140. The predicted molar refractivity (Wildman–Crippen MR) is 123 cm³/mol. The molecular weight excluding hydrogens is 450 g/mol. The maximum Gasteiger partial charge on any atom is 0.245 e. The number of benzene rings is 2. The smallest absolute Gasteiger partial charge is 0.245 e. The lowest BCUT2D eigenvalue weighted by Crippen LogP contribution is -2.47. The quantitative estimate of drug-likeness (QED) is 0.470. The molecule has 0 aliphatic rings. The zero-order valence-corrected chi connectivity index (χ0v) is 19.1. The molecule has 0 aliphatic carbocycles. The minimum Gasteiger partial charge on any atom is -0.492 e. The first kappa shape index (κ1) is 23.7. The summed E-state index contributed by atoms with van der Waals surface area (Å²) in [5, 5.41) is 3.04. The monoisotopic (exact) mass is 473 g/mol. The summed E-state index contributed by atoms with van der Waals surface area (Å²) in [4.78, 5) is 16.8. The van der Waals surface area contributed by atoms with E-state index in [2.05, 4.69) is 15.0 Å². The molecule has 0 bridgehead atoms. The number of sulfonamides is 1. The minimum absolute atomic E-state index is 0.119. The highest BCUT2D eigenvalue weighted by Gasteiger charge is 2.28. The molecule has 0 aliphatic heterocycles. The van der Waals surface area contributed by atoms with E-state index in [1.165, 1.54) is 12.1 Å². The molecule has 2 N–H and O–H groups in total. The number of amides is 1. The SMILES string of the molecule is CCOc1ccc(Cl)cc1S(=O)(=O)NC(Cc1ccccc1)C(=O)NCc1ccncc1. The number of nitrogens with zero attached hydrogens (tertiary/aromatic N) is 1. The molecule has 1 atom stereocenters. The molecule has 0 radical (unpaired) electrons. The van der Waals surface area contributed by atoms with Crippen LogP contribution in [0.5, 0.6) is 5.75 Å². The first-order valence-corrected chi connectivity index (χ1v) is 11.9. The van der Waals surface area contributed by atoms with E-state index in [-0.39, 0.29) is 35.2 Å². The Morgan fingerprint density at radius 3 is 2.47 bits per heavy atom. The fourth-order valence-corrected chi connectivity index (χ4v) is 4.67. The number of hydrogen-bond acceptors (Lipinski definition) is 5. The molecule has 1 unspecified atom stereocenters. The largest absolute Gasteiger partial charge is 0.492 e. The van der Waals surface area contributed by atoms with Crippen LogP contribution in [0.25, 0.3) is 0 Å². The van der Waals surface area contributed by atoms with E-state index >= 15 is 0 Å². The standard InChI is InChI=1S/C23H24ClN3O4S/c1-2-31-21-9-8-19(24)15-22(21)32(29,30)27-20(14-17-6-4-3-5-7-17)23(28)26-16-18-10-12-25-13-11-18/h3-13,15,20,27H,2,14,16H2,1H3,(H,26,28). The highest BCUT2D eigenvalue weighted by Crippen LogP contribution is 2.27. The van der Waals surface area contributed by atoms with Crippen LogP contribution in [0.4, 0.5) is 0 Å².